The summed E-state index contributed by atoms with van der Waals surface area (Å²) < 4.78 is 19.7. The second-order valence-corrected chi connectivity index (χ2v) is 6.13. The fourth-order valence-electron chi connectivity index (χ4n) is 2.66. The molecule has 2 aromatic rings. The van der Waals surface area contributed by atoms with Gasteiger partial charge in [-0.3, -0.25) is 0 Å². The molecule has 0 saturated carbocycles. The number of hydrogen-bond acceptors (Lipinski definition) is 3. The van der Waals surface area contributed by atoms with Crippen LogP contribution in [-0.4, -0.2) is 12.6 Å². The average molecular weight is 343 g/mol. The Morgan fingerprint density at radius 3 is 2.24 bits per heavy atom. The van der Waals surface area contributed by atoms with Crippen LogP contribution in [0.1, 0.15) is 55.8 Å². The fourth-order valence-corrected chi connectivity index (χ4v) is 2.66. The van der Waals surface area contributed by atoms with Crippen molar-refractivity contribution in [1.29, 1.82) is 0 Å². The Balaban J connectivity index is 1.88. The van der Waals surface area contributed by atoms with Crippen LogP contribution in [0.25, 0.3) is 11.1 Å². The molecule has 0 radical (unpaired) electrons. The number of carbonyl (C=O) groups is 1. The van der Waals surface area contributed by atoms with Gasteiger partial charge >= 0.3 is 0 Å². The fraction of sp³-hybridized carbons (Fsp3) is 0.381. The first-order valence-electron chi connectivity index (χ1n) is 8.86. The van der Waals surface area contributed by atoms with Gasteiger partial charge in [-0.1, -0.05) is 69.4 Å². The highest BCUT2D eigenvalue weighted by atomic mass is 19.1. The summed E-state index contributed by atoms with van der Waals surface area (Å²) in [4.78, 5) is 10.8. The van der Waals surface area contributed by atoms with Crippen molar-refractivity contribution in [3.8, 4) is 16.9 Å². The third kappa shape index (κ3) is 5.89. The lowest BCUT2D eigenvalue weighted by atomic mass is 10.0. The van der Waals surface area contributed by atoms with Crippen molar-refractivity contribution in [2.45, 2.75) is 45.4 Å². The van der Waals surface area contributed by atoms with Crippen molar-refractivity contribution in [3.05, 3.63) is 53.8 Å². The normalized spacial score (nSPS) is 10.6. The number of carboxylic acids is 1. The molecule has 3 nitrogen and oxygen atoms in total. The molecular weight excluding hydrogens is 319 g/mol. The van der Waals surface area contributed by atoms with Gasteiger partial charge in [0, 0.05) is 0 Å². The number of benzene rings is 2. The standard InChI is InChI=1S/C21H25FO3/c1-2-3-4-5-6-7-14-25-20-13-12-18(15-19(20)22)16-8-10-17(11-9-16)21(23)24/h8-13,15H,2-7,14H2,1H3,(H,23,24)/p-1. The molecule has 134 valence electrons. The van der Waals surface area contributed by atoms with Crippen molar-refractivity contribution in [1.82, 2.24) is 0 Å². The molecule has 2 aromatic carbocycles. The number of carbonyl (C=O) groups excluding carboxylic acids is 1. The SMILES string of the molecule is CCCCCCCCOc1ccc(-c2ccc(C(=O)[O-])cc2)cc1F. The van der Waals surface area contributed by atoms with Gasteiger partial charge in [0.25, 0.3) is 0 Å². The summed E-state index contributed by atoms with van der Waals surface area (Å²) in [5.41, 5.74) is 1.52. The Hall–Kier alpha value is -2.36. The molecule has 0 atom stereocenters. The minimum Gasteiger partial charge on any atom is -0.545 e. The van der Waals surface area contributed by atoms with E-state index in [1.807, 2.05) is 0 Å². The highest BCUT2D eigenvalue weighted by Gasteiger charge is 2.07. The molecule has 25 heavy (non-hydrogen) atoms. The van der Waals surface area contributed by atoms with Crippen LogP contribution >= 0.6 is 0 Å². The molecule has 0 unspecified atom stereocenters. The summed E-state index contributed by atoms with van der Waals surface area (Å²) in [7, 11) is 0. The van der Waals surface area contributed by atoms with Crippen LogP contribution in [0.2, 0.25) is 0 Å². The van der Waals surface area contributed by atoms with Gasteiger partial charge in [0.2, 0.25) is 0 Å². The van der Waals surface area contributed by atoms with Crippen LogP contribution < -0.4 is 9.84 Å². The third-order valence-electron chi connectivity index (χ3n) is 4.14. The molecule has 0 heterocycles. The van der Waals surface area contributed by atoms with Gasteiger partial charge in [0.15, 0.2) is 11.6 Å². The van der Waals surface area contributed by atoms with Crippen LogP contribution in [-0.2, 0) is 0 Å². The summed E-state index contributed by atoms with van der Waals surface area (Å²) in [5, 5.41) is 10.8. The van der Waals surface area contributed by atoms with E-state index in [9.17, 15) is 14.3 Å². The third-order valence-corrected chi connectivity index (χ3v) is 4.14. The lowest BCUT2D eigenvalue weighted by Crippen LogP contribution is -2.21. The maximum absolute atomic E-state index is 14.2. The van der Waals surface area contributed by atoms with Gasteiger partial charge < -0.3 is 14.6 Å². The number of aromatic carboxylic acids is 1. The Kier molecular flexibility index (Phi) is 7.45. The minimum atomic E-state index is -1.23. The van der Waals surface area contributed by atoms with Crippen molar-refractivity contribution in [2.75, 3.05) is 6.61 Å². The topological polar surface area (TPSA) is 49.4 Å². The molecule has 0 N–H and O–H groups in total. The van der Waals surface area contributed by atoms with E-state index in [0.717, 1.165) is 18.4 Å². The predicted octanol–water partition coefficient (Wildman–Crippen LogP) is 4.60. The van der Waals surface area contributed by atoms with Gasteiger partial charge in [-0.15, -0.1) is 0 Å². The van der Waals surface area contributed by atoms with Crippen LogP contribution in [0, 0.1) is 5.82 Å². The maximum atomic E-state index is 14.2. The summed E-state index contributed by atoms with van der Waals surface area (Å²) >= 11 is 0. The van der Waals surface area contributed by atoms with Crippen LogP contribution in [0.4, 0.5) is 4.39 Å². The Bertz CT molecular complexity index is 680. The van der Waals surface area contributed by atoms with Gasteiger partial charge in [-0.25, -0.2) is 4.39 Å². The molecule has 0 aromatic heterocycles. The molecule has 0 amide bonds. The second kappa shape index (κ2) is 9.82. The second-order valence-electron chi connectivity index (χ2n) is 6.13. The number of unbranched alkanes of at least 4 members (excludes halogenated alkanes) is 5. The Morgan fingerprint density at radius 1 is 0.960 bits per heavy atom. The van der Waals surface area contributed by atoms with E-state index in [1.54, 1.807) is 24.3 Å². The maximum Gasteiger partial charge on any atom is 0.165 e. The number of rotatable bonds is 10. The Labute approximate surface area is 148 Å². The van der Waals surface area contributed by atoms with E-state index in [1.165, 1.54) is 43.9 Å². The van der Waals surface area contributed by atoms with E-state index in [-0.39, 0.29) is 11.3 Å². The van der Waals surface area contributed by atoms with Gasteiger partial charge in [-0.2, -0.15) is 0 Å². The first kappa shape index (κ1) is 19.0. The summed E-state index contributed by atoms with van der Waals surface area (Å²) in [6.07, 6.45) is 6.96. The quantitative estimate of drug-likeness (QED) is 0.593. The molecular formula is C21H24FO3-. The Morgan fingerprint density at radius 2 is 1.60 bits per heavy atom. The van der Waals surface area contributed by atoms with Crippen molar-refractivity contribution < 1.29 is 19.0 Å². The van der Waals surface area contributed by atoms with E-state index < -0.39 is 11.8 Å². The van der Waals surface area contributed by atoms with Gasteiger partial charge in [-0.05, 0) is 35.2 Å². The minimum absolute atomic E-state index is 0.100. The zero-order valence-electron chi connectivity index (χ0n) is 14.6. The predicted molar refractivity (Wildman–Crippen MR) is 95.0 cm³/mol. The number of carboxylic acid groups (broad SMARTS) is 1. The summed E-state index contributed by atoms with van der Waals surface area (Å²) in [6, 6.07) is 11.0. The number of hydrogen-bond donors (Lipinski definition) is 0. The zero-order valence-corrected chi connectivity index (χ0v) is 14.6. The smallest absolute Gasteiger partial charge is 0.165 e. The zero-order chi connectivity index (χ0) is 18.1. The first-order chi connectivity index (χ1) is 12.1. The highest BCUT2D eigenvalue weighted by Crippen LogP contribution is 2.26. The van der Waals surface area contributed by atoms with E-state index in [4.69, 9.17) is 4.74 Å². The van der Waals surface area contributed by atoms with Gasteiger partial charge in [0.05, 0.1) is 12.6 Å². The number of ether oxygens (including phenoxy) is 1. The van der Waals surface area contributed by atoms with Crippen LogP contribution in [0.5, 0.6) is 5.75 Å². The number of halogens is 1. The lowest BCUT2D eigenvalue weighted by Gasteiger charge is -2.10. The molecule has 0 aliphatic heterocycles. The summed E-state index contributed by atoms with van der Waals surface area (Å²) in [6.45, 7) is 2.70. The molecule has 0 bridgehead atoms. The lowest BCUT2D eigenvalue weighted by molar-refractivity contribution is -0.255. The molecule has 0 fully saturated rings. The molecule has 0 saturated heterocycles. The summed E-state index contributed by atoms with van der Waals surface area (Å²) in [5.74, 6) is -1.38. The van der Waals surface area contributed by atoms with Crippen molar-refractivity contribution in [3.63, 3.8) is 0 Å². The van der Waals surface area contributed by atoms with Crippen molar-refractivity contribution in [2.24, 2.45) is 0 Å². The highest BCUT2D eigenvalue weighted by molar-refractivity contribution is 5.86. The van der Waals surface area contributed by atoms with Crippen molar-refractivity contribution >= 4 is 5.97 Å². The first-order valence-corrected chi connectivity index (χ1v) is 8.86. The molecule has 4 heteroatoms. The van der Waals surface area contributed by atoms with Gasteiger partial charge in [0.1, 0.15) is 0 Å². The molecule has 2 rings (SSSR count). The van der Waals surface area contributed by atoms with E-state index >= 15 is 0 Å². The monoisotopic (exact) mass is 343 g/mol. The largest absolute Gasteiger partial charge is 0.545 e. The molecule has 0 spiro atoms. The van der Waals surface area contributed by atoms with Crippen LogP contribution in [0.3, 0.4) is 0 Å². The molecule has 0 aliphatic carbocycles. The van der Waals surface area contributed by atoms with E-state index in [2.05, 4.69) is 6.92 Å². The van der Waals surface area contributed by atoms with E-state index in [0.29, 0.717) is 12.2 Å². The molecule has 0 aliphatic rings. The van der Waals surface area contributed by atoms with Crippen LogP contribution in [0.15, 0.2) is 42.5 Å². The average Bonchev–Trinajstić information content (AvgIpc) is 2.62.